The van der Waals surface area contributed by atoms with Crippen molar-refractivity contribution in [1.82, 2.24) is 0 Å². The highest BCUT2D eigenvalue weighted by molar-refractivity contribution is 6.55. The van der Waals surface area contributed by atoms with E-state index in [0.717, 1.165) is 23.4 Å². The molecule has 0 aromatic heterocycles. The molecule has 3 aromatic carbocycles. The molecule has 44 heavy (non-hydrogen) atoms. The van der Waals surface area contributed by atoms with Crippen LogP contribution in [-0.2, 0) is 68.1 Å². The molecule has 1 aliphatic rings. The summed E-state index contributed by atoms with van der Waals surface area (Å²) in [5.41, 5.74) is 5.43. The molecule has 0 saturated heterocycles. The lowest BCUT2D eigenvalue weighted by molar-refractivity contribution is -0.129. The number of fused-ring (bicyclic) bond motifs is 1. The van der Waals surface area contributed by atoms with E-state index < -0.39 is 23.9 Å². The van der Waals surface area contributed by atoms with Crippen molar-refractivity contribution >= 4 is 63.2 Å². The molecule has 0 atom stereocenters. The average Bonchev–Trinajstić information content (AvgIpc) is 2.98. The molecule has 0 saturated carbocycles. The first-order chi connectivity index (χ1) is 21.2. The molecule has 3 aromatic rings. The van der Waals surface area contributed by atoms with Crippen LogP contribution in [-0.4, -0.2) is 46.1 Å². The maximum Gasteiger partial charge on any atom is 0.411 e. The number of ether oxygens (including phenoxy) is 5. The molecule has 4 radical (unpaired) electrons. The number of carbonyl (C=O) groups is 5. The lowest BCUT2D eigenvalue weighted by Gasteiger charge is -2.22. The Kier molecular flexibility index (Phi) is 10.8. The van der Waals surface area contributed by atoms with Gasteiger partial charge in [-0.25, -0.2) is 9.59 Å². The lowest BCUT2D eigenvalue weighted by atomic mass is 10.0. The third-order valence-electron chi connectivity index (χ3n) is 6.25. The highest BCUT2D eigenvalue weighted by Gasteiger charge is 2.15. The van der Waals surface area contributed by atoms with E-state index in [2.05, 4.69) is 16.0 Å². The summed E-state index contributed by atoms with van der Waals surface area (Å²) >= 11 is 0. The Bertz CT molecular complexity index is 1570. The molecule has 4 rings (SSSR count). The van der Waals surface area contributed by atoms with Gasteiger partial charge >= 0.3 is 12.2 Å². The van der Waals surface area contributed by atoms with Crippen LogP contribution in [0.1, 0.15) is 33.4 Å². The van der Waals surface area contributed by atoms with Gasteiger partial charge in [-0.05, 0) is 58.7 Å². The summed E-state index contributed by atoms with van der Waals surface area (Å²) in [4.78, 5) is 57.8. The van der Waals surface area contributed by atoms with Crippen molar-refractivity contribution in [3.63, 3.8) is 0 Å². The van der Waals surface area contributed by atoms with Gasteiger partial charge < -0.3 is 29.0 Å². The zero-order valence-electron chi connectivity index (χ0n) is 23.3. The molecule has 0 fully saturated rings. The van der Waals surface area contributed by atoms with Crippen LogP contribution in [0.2, 0.25) is 0 Å². The fourth-order valence-electron chi connectivity index (χ4n) is 4.11. The standard InChI is InChI=1S/C29H25B2N3O10/c30-26(36)41-11-18-2-5-24(21(8-18)14-40-16-35)33-28(38)44-13-19-3-6-25(22(9-19)15-42-27(31)37)34-29(39)43-12-17-1-4-23-20(7-17)10-32-23/h1-9,16,32H,10-15H2,(H,33,38)(H,34,39). The number of carbonyl (C=O) groups excluding carboxylic acids is 5. The van der Waals surface area contributed by atoms with Gasteiger partial charge in [0.05, 0.1) is 11.4 Å². The van der Waals surface area contributed by atoms with E-state index in [1.807, 2.05) is 18.2 Å². The highest BCUT2D eigenvalue weighted by Crippen LogP contribution is 2.27. The van der Waals surface area contributed by atoms with Crippen LogP contribution in [0, 0.1) is 0 Å². The van der Waals surface area contributed by atoms with Crippen molar-refractivity contribution in [2.24, 2.45) is 0 Å². The normalized spacial score (nSPS) is 11.0. The number of hydrogen-bond acceptors (Lipinski definition) is 11. The average molecular weight is 597 g/mol. The third-order valence-corrected chi connectivity index (χ3v) is 6.25. The van der Waals surface area contributed by atoms with E-state index in [-0.39, 0.29) is 45.2 Å². The number of hydrogen-bond donors (Lipinski definition) is 3. The van der Waals surface area contributed by atoms with Gasteiger partial charge in [0.2, 0.25) is 27.4 Å². The minimum Gasteiger partial charge on any atom is -0.470 e. The third kappa shape index (κ3) is 9.28. The molecule has 15 heteroatoms. The second kappa shape index (κ2) is 15.1. The molecule has 1 heterocycles. The largest absolute Gasteiger partial charge is 0.470 e. The summed E-state index contributed by atoms with van der Waals surface area (Å²) in [6, 6.07) is 15.1. The van der Waals surface area contributed by atoms with Gasteiger partial charge in [0, 0.05) is 23.4 Å². The molecular formula is C29H25B2N3O10. The zero-order valence-corrected chi connectivity index (χ0v) is 23.3. The van der Waals surface area contributed by atoms with Crippen LogP contribution in [0.25, 0.3) is 0 Å². The van der Waals surface area contributed by atoms with Gasteiger partial charge in [-0.15, -0.1) is 0 Å². The zero-order chi connectivity index (χ0) is 31.5. The molecule has 13 nitrogen and oxygen atoms in total. The van der Waals surface area contributed by atoms with Gasteiger partial charge in [-0.3, -0.25) is 25.0 Å². The summed E-state index contributed by atoms with van der Waals surface area (Å²) in [5.74, 6) is -1.97. The van der Waals surface area contributed by atoms with Crippen molar-refractivity contribution in [1.29, 1.82) is 0 Å². The van der Waals surface area contributed by atoms with E-state index in [1.165, 1.54) is 12.1 Å². The Morgan fingerprint density at radius 1 is 0.682 bits per heavy atom. The predicted molar refractivity (Wildman–Crippen MR) is 157 cm³/mol. The summed E-state index contributed by atoms with van der Waals surface area (Å²) in [6.07, 6.45) is -1.55. The molecule has 222 valence electrons. The minimum absolute atomic E-state index is 0.0557. The molecule has 0 bridgehead atoms. The number of benzene rings is 3. The summed E-state index contributed by atoms with van der Waals surface area (Å²) in [5, 5.41) is 8.33. The van der Waals surface area contributed by atoms with Gasteiger partial charge in [0.1, 0.15) is 33.0 Å². The Balaban J connectivity index is 1.36. The molecule has 0 spiro atoms. The Morgan fingerprint density at radius 3 is 1.68 bits per heavy atom. The van der Waals surface area contributed by atoms with Gasteiger partial charge in [-0.2, -0.15) is 0 Å². The van der Waals surface area contributed by atoms with Crippen LogP contribution in [0.5, 0.6) is 0 Å². The van der Waals surface area contributed by atoms with E-state index >= 15 is 0 Å². The quantitative estimate of drug-likeness (QED) is 0.145. The van der Waals surface area contributed by atoms with E-state index in [4.69, 9.17) is 39.4 Å². The minimum atomic E-state index is -1.02. The van der Waals surface area contributed by atoms with E-state index in [0.29, 0.717) is 27.9 Å². The fraction of sp³-hybridized carbons (Fsp3) is 0.207. The molecular weight excluding hydrogens is 572 g/mol. The number of nitrogens with one attached hydrogen (secondary N) is 3. The second-order valence-corrected chi connectivity index (χ2v) is 9.35. The number of amides is 2. The van der Waals surface area contributed by atoms with E-state index in [1.54, 1.807) is 24.3 Å². The van der Waals surface area contributed by atoms with Gasteiger partial charge in [0.25, 0.3) is 6.47 Å². The smallest absolute Gasteiger partial charge is 0.411 e. The van der Waals surface area contributed by atoms with Crippen molar-refractivity contribution in [3.05, 3.63) is 88.0 Å². The van der Waals surface area contributed by atoms with Crippen LogP contribution in [0.4, 0.5) is 36.2 Å². The fourth-order valence-corrected chi connectivity index (χ4v) is 4.11. The Labute approximate surface area is 254 Å². The Hall–Kier alpha value is -5.46. The van der Waals surface area contributed by atoms with Crippen molar-refractivity contribution in [2.45, 2.75) is 39.6 Å². The first-order valence-corrected chi connectivity index (χ1v) is 13.1. The van der Waals surface area contributed by atoms with Crippen molar-refractivity contribution in [3.8, 4) is 0 Å². The highest BCUT2D eigenvalue weighted by atomic mass is 16.6. The summed E-state index contributed by atoms with van der Waals surface area (Å²) < 4.78 is 25.1. The lowest BCUT2D eigenvalue weighted by Crippen LogP contribution is -2.17. The maximum absolute atomic E-state index is 12.6. The van der Waals surface area contributed by atoms with Crippen molar-refractivity contribution in [2.75, 3.05) is 16.0 Å². The Morgan fingerprint density at radius 2 is 1.18 bits per heavy atom. The first-order valence-electron chi connectivity index (χ1n) is 13.1. The summed E-state index contributed by atoms with van der Waals surface area (Å²) in [7, 11) is 10.1. The van der Waals surface area contributed by atoms with Crippen LogP contribution >= 0.6 is 0 Å². The molecule has 0 aliphatic carbocycles. The van der Waals surface area contributed by atoms with Crippen LogP contribution in [0.15, 0.2) is 54.6 Å². The van der Waals surface area contributed by atoms with Crippen LogP contribution < -0.4 is 16.0 Å². The topological polar surface area (TPSA) is 168 Å². The summed E-state index contributed by atoms with van der Waals surface area (Å²) in [6.45, 7) is 0.306. The maximum atomic E-state index is 12.6. The molecule has 3 N–H and O–H groups in total. The number of anilines is 3. The monoisotopic (exact) mass is 597 g/mol. The molecule has 2 amide bonds. The number of rotatable bonds is 13. The van der Waals surface area contributed by atoms with Crippen LogP contribution in [0.3, 0.4) is 0 Å². The second-order valence-electron chi connectivity index (χ2n) is 9.35. The van der Waals surface area contributed by atoms with Gasteiger partial charge in [0.15, 0.2) is 0 Å². The van der Waals surface area contributed by atoms with Crippen molar-refractivity contribution < 1.29 is 47.7 Å². The predicted octanol–water partition coefficient (Wildman–Crippen LogP) is 4.39. The van der Waals surface area contributed by atoms with E-state index in [9.17, 15) is 24.0 Å². The first kappa shape index (κ1) is 31.5. The SMILES string of the molecule is [B]C(=O)OCc1ccc(NC(=O)OCc2ccc(NC(=O)OCc3ccc4c(c3)CN4)c(COC([B])=O)c2)c(COC=O)c1. The molecule has 1 aliphatic heterocycles. The van der Waals surface area contributed by atoms with Gasteiger partial charge in [-0.1, -0.05) is 18.2 Å². The molecule has 0 unspecified atom stereocenters.